The van der Waals surface area contributed by atoms with Gasteiger partial charge in [-0.3, -0.25) is 4.72 Å². The number of nitrogens with two attached hydrogens (primary N) is 1. The van der Waals surface area contributed by atoms with Crippen molar-refractivity contribution >= 4 is 33.1 Å². The maximum Gasteiger partial charge on any atom is 0.265 e. The van der Waals surface area contributed by atoms with Crippen molar-refractivity contribution in [2.75, 3.05) is 10.5 Å². The molecule has 0 spiro atoms. The Morgan fingerprint density at radius 3 is 2.58 bits per heavy atom. The number of sulfonamides is 1. The number of nitrogen functional groups attached to an aromatic ring is 1. The summed E-state index contributed by atoms with van der Waals surface area (Å²) in [6, 6.07) is 6.18. The summed E-state index contributed by atoms with van der Waals surface area (Å²) in [5.74, 6) is -0.863. The molecule has 0 aliphatic carbocycles. The Kier molecular flexibility index (Phi) is 3.54. The van der Waals surface area contributed by atoms with Gasteiger partial charge in [0, 0.05) is 0 Å². The fraction of sp³-hybridized carbons (Fsp3) is 0. The lowest BCUT2D eigenvalue weighted by atomic mass is 10.3. The maximum atomic E-state index is 13.2. The SMILES string of the molecule is Nc1c(F)cccc1S(=O)(=O)Nc1ccc(Cl)nn1. The molecule has 0 atom stereocenters. The van der Waals surface area contributed by atoms with Gasteiger partial charge in [0.05, 0.1) is 5.69 Å². The zero-order valence-corrected chi connectivity index (χ0v) is 10.9. The van der Waals surface area contributed by atoms with Crippen molar-refractivity contribution in [1.82, 2.24) is 10.2 Å². The van der Waals surface area contributed by atoms with Gasteiger partial charge in [-0.25, -0.2) is 12.8 Å². The summed E-state index contributed by atoms with van der Waals surface area (Å²) in [5, 5.41) is 7.13. The number of hydrogen-bond acceptors (Lipinski definition) is 5. The van der Waals surface area contributed by atoms with Gasteiger partial charge in [-0.1, -0.05) is 17.7 Å². The molecule has 6 nitrogen and oxygen atoms in total. The number of halogens is 2. The standard InChI is InChI=1S/C10H8ClFN4O2S/c11-8-4-5-9(15-14-8)16-19(17,18)7-3-1-2-6(12)10(7)13/h1-5H,13H2,(H,15,16). The van der Waals surface area contributed by atoms with E-state index >= 15 is 0 Å². The van der Waals surface area contributed by atoms with E-state index in [1.165, 1.54) is 24.3 Å². The predicted octanol–water partition coefficient (Wildman–Crippen LogP) is 1.65. The number of aromatic nitrogens is 2. The van der Waals surface area contributed by atoms with Crippen LogP contribution in [-0.4, -0.2) is 18.6 Å². The van der Waals surface area contributed by atoms with E-state index in [1.807, 2.05) is 0 Å². The summed E-state index contributed by atoms with van der Waals surface area (Å²) in [6.45, 7) is 0. The highest BCUT2D eigenvalue weighted by Gasteiger charge is 2.20. The van der Waals surface area contributed by atoms with Crippen LogP contribution in [-0.2, 0) is 10.0 Å². The van der Waals surface area contributed by atoms with Crippen LogP contribution in [0.3, 0.4) is 0 Å². The van der Waals surface area contributed by atoms with Gasteiger partial charge in [-0.15, -0.1) is 10.2 Å². The Hall–Kier alpha value is -1.93. The van der Waals surface area contributed by atoms with Gasteiger partial charge in [-0.2, -0.15) is 0 Å². The number of rotatable bonds is 3. The van der Waals surface area contributed by atoms with E-state index in [1.54, 1.807) is 0 Å². The minimum atomic E-state index is -4.04. The molecule has 2 aromatic rings. The van der Waals surface area contributed by atoms with Crippen LogP contribution in [0, 0.1) is 5.82 Å². The van der Waals surface area contributed by atoms with Gasteiger partial charge in [0.25, 0.3) is 10.0 Å². The second-order valence-electron chi connectivity index (χ2n) is 3.50. The molecule has 0 saturated heterocycles. The highest BCUT2D eigenvalue weighted by molar-refractivity contribution is 7.92. The molecule has 1 heterocycles. The lowest BCUT2D eigenvalue weighted by Crippen LogP contribution is -2.16. The molecule has 0 aliphatic rings. The molecule has 1 aromatic heterocycles. The minimum Gasteiger partial charge on any atom is -0.395 e. The van der Waals surface area contributed by atoms with Crippen molar-refractivity contribution in [1.29, 1.82) is 0 Å². The normalized spacial score (nSPS) is 11.3. The Bertz CT molecular complexity index is 706. The average molecular weight is 303 g/mol. The minimum absolute atomic E-state index is 0.0481. The van der Waals surface area contributed by atoms with E-state index in [4.69, 9.17) is 17.3 Å². The van der Waals surface area contributed by atoms with Gasteiger partial charge in [-0.05, 0) is 24.3 Å². The molecule has 19 heavy (non-hydrogen) atoms. The molecule has 0 bridgehead atoms. The number of benzene rings is 1. The topological polar surface area (TPSA) is 98.0 Å². The molecule has 2 rings (SSSR count). The van der Waals surface area contributed by atoms with Crippen molar-refractivity contribution in [3.63, 3.8) is 0 Å². The van der Waals surface area contributed by atoms with E-state index < -0.39 is 21.5 Å². The molecule has 100 valence electrons. The van der Waals surface area contributed by atoms with Crippen LogP contribution in [0.15, 0.2) is 35.2 Å². The monoisotopic (exact) mass is 302 g/mol. The van der Waals surface area contributed by atoms with Crippen LogP contribution in [0.1, 0.15) is 0 Å². The summed E-state index contributed by atoms with van der Waals surface area (Å²) in [4.78, 5) is -0.371. The van der Waals surface area contributed by atoms with Gasteiger partial charge < -0.3 is 5.73 Å². The van der Waals surface area contributed by atoms with Crippen LogP contribution in [0.5, 0.6) is 0 Å². The van der Waals surface area contributed by atoms with Crippen molar-refractivity contribution in [2.24, 2.45) is 0 Å². The summed E-state index contributed by atoms with van der Waals surface area (Å²) in [5.41, 5.74) is 4.93. The van der Waals surface area contributed by atoms with E-state index in [2.05, 4.69) is 14.9 Å². The summed E-state index contributed by atoms with van der Waals surface area (Å²) in [6.07, 6.45) is 0. The number of anilines is 2. The molecule has 9 heteroatoms. The molecule has 1 aromatic carbocycles. The van der Waals surface area contributed by atoms with Crippen LogP contribution in [0.4, 0.5) is 15.9 Å². The van der Waals surface area contributed by atoms with Crippen molar-refractivity contribution in [3.8, 4) is 0 Å². The zero-order chi connectivity index (χ0) is 14.0. The maximum absolute atomic E-state index is 13.2. The van der Waals surface area contributed by atoms with Crippen LogP contribution in [0.25, 0.3) is 0 Å². The fourth-order valence-electron chi connectivity index (χ4n) is 1.31. The van der Waals surface area contributed by atoms with Gasteiger partial charge >= 0.3 is 0 Å². The van der Waals surface area contributed by atoms with Crippen LogP contribution >= 0.6 is 11.6 Å². The van der Waals surface area contributed by atoms with Crippen LogP contribution < -0.4 is 10.5 Å². The first-order valence-electron chi connectivity index (χ1n) is 4.96. The Balaban J connectivity index is 2.38. The quantitative estimate of drug-likeness (QED) is 0.840. The average Bonchev–Trinajstić information content (AvgIpc) is 2.35. The lowest BCUT2D eigenvalue weighted by Gasteiger charge is -2.09. The molecule has 0 aliphatic heterocycles. The van der Waals surface area contributed by atoms with Crippen molar-refractivity contribution in [3.05, 3.63) is 41.3 Å². The largest absolute Gasteiger partial charge is 0.395 e. The molecular formula is C10H8ClFN4O2S. The van der Waals surface area contributed by atoms with Crippen molar-refractivity contribution in [2.45, 2.75) is 4.90 Å². The van der Waals surface area contributed by atoms with Gasteiger partial charge in [0.1, 0.15) is 10.7 Å². The van der Waals surface area contributed by atoms with E-state index in [0.29, 0.717) is 0 Å². The smallest absolute Gasteiger partial charge is 0.265 e. The first-order valence-corrected chi connectivity index (χ1v) is 6.82. The summed E-state index contributed by atoms with van der Waals surface area (Å²) in [7, 11) is -4.04. The molecular weight excluding hydrogens is 295 g/mol. The Labute approximate surface area is 113 Å². The Morgan fingerprint density at radius 1 is 1.21 bits per heavy atom. The van der Waals surface area contributed by atoms with Crippen LogP contribution in [0.2, 0.25) is 5.15 Å². The highest BCUT2D eigenvalue weighted by Crippen LogP contribution is 2.23. The second kappa shape index (κ2) is 4.98. The third-order valence-corrected chi connectivity index (χ3v) is 3.79. The number of para-hydroxylation sites is 1. The summed E-state index contributed by atoms with van der Waals surface area (Å²) < 4.78 is 39.4. The predicted molar refractivity (Wildman–Crippen MR) is 68.7 cm³/mol. The first-order chi connectivity index (χ1) is 8.90. The van der Waals surface area contributed by atoms with Crippen molar-refractivity contribution < 1.29 is 12.8 Å². The highest BCUT2D eigenvalue weighted by atomic mass is 35.5. The van der Waals surface area contributed by atoms with Gasteiger partial charge in [0.15, 0.2) is 11.0 Å². The molecule has 0 amide bonds. The first kappa shape index (κ1) is 13.5. The zero-order valence-electron chi connectivity index (χ0n) is 9.34. The molecule has 0 radical (unpaired) electrons. The molecule has 0 unspecified atom stereocenters. The molecule has 0 fully saturated rings. The lowest BCUT2D eigenvalue weighted by molar-refractivity contribution is 0.597. The van der Waals surface area contributed by atoms with Gasteiger partial charge in [0.2, 0.25) is 0 Å². The van der Waals surface area contributed by atoms with E-state index in [9.17, 15) is 12.8 Å². The number of nitrogens with zero attached hydrogens (tertiary/aromatic N) is 2. The third kappa shape index (κ3) is 2.91. The number of nitrogens with one attached hydrogen (secondary N) is 1. The van der Waals surface area contributed by atoms with E-state index in [-0.39, 0.29) is 15.9 Å². The summed E-state index contributed by atoms with van der Waals surface area (Å²) >= 11 is 5.53. The number of hydrogen-bond donors (Lipinski definition) is 2. The molecule has 0 saturated carbocycles. The molecule has 3 N–H and O–H groups in total. The van der Waals surface area contributed by atoms with E-state index in [0.717, 1.165) is 6.07 Å². The second-order valence-corrected chi connectivity index (χ2v) is 5.54. The Morgan fingerprint density at radius 2 is 1.95 bits per heavy atom. The third-order valence-electron chi connectivity index (χ3n) is 2.17. The fourth-order valence-corrected chi connectivity index (χ4v) is 2.55.